The van der Waals surface area contributed by atoms with Crippen LogP contribution in [0.4, 0.5) is 17.1 Å². The Kier molecular flexibility index (Phi) is 5.17. The Bertz CT molecular complexity index is 1030. The second-order valence-electron chi connectivity index (χ2n) is 9.64. The molecule has 2 unspecified atom stereocenters. The number of rotatable bonds is 4. The van der Waals surface area contributed by atoms with Crippen molar-refractivity contribution in [2.24, 2.45) is 5.41 Å². The Morgan fingerprint density at radius 3 is 2.74 bits per heavy atom. The average molecular weight is 423 g/mol. The van der Waals surface area contributed by atoms with Crippen molar-refractivity contribution in [1.82, 2.24) is 5.32 Å². The molecule has 31 heavy (non-hydrogen) atoms. The molecule has 2 amide bonds. The molecule has 0 saturated carbocycles. The molecule has 2 atom stereocenters. The standard InChI is InChI=1S/C24H30N4O3/c1-23(2,3)14-28-19-8-6-5-7-16(19)24(22(28)30)12-18(26-13-24)21(29)27-17-10-9-15(25)11-20(17)31-4/h5-11,18,26H,12-14,25H2,1-4H3,(H,27,29). The van der Waals surface area contributed by atoms with E-state index in [-0.39, 0.29) is 17.2 Å². The average Bonchev–Trinajstić information content (AvgIpc) is 3.26. The maximum atomic E-state index is 13.6. The zero-order chi connectivity index (χ0) is 22.4. The number of amides is 2. The Hall–Kier alpha value is -3.06. The summed E-state index contributed by atoms with van der Waals surface area (Å²) >= 11 is 0. The van der Waals surface area contributed by atoms with Crippen LogP contribution in [0.15, 0.2) is 42.5 Å². The third-order valence-corrected chi connectivity index (χ3v) is 6.00. The number of benzene rings is 2. The number of nitrogens with one attached hydrogen (secondary N) is 2. The number of nitrogens with two attached hydrogens (primary N) is 1. The maximum Gasteiger partial charge on any atom is 0.241 e. The lowest BCUT2D eigenvalue weighted by molar-refractivity contribution is -0.123. The van der Waals surface area contributed by atoms with E-state index in [0.717, 1.165) is 11.3 Å². The van der Waals surface area contributed by atoms with E-state index in [2.05, 4.69) is 31.4 Å². The molecule has 2 aromatic rings. The quantitative estimate of drug-likeness (QED) is 0.659. The monoisotopic (exact) mass is 422 g/mol. The first-order valence-electron chi connectivity index (χ1n) is 10.5. The summed E-state index contributed by atoms with van der Waals surface area (Å²) in [5, 5.41) is 6.21. The summed E-state index contributed by atoms with van der Waals surface area (Å²) in [5.74, 6) is 0.371. The molecule has 164 valence electrons. The Labute approximate surface area is 182 Å². The van der Waals surface area contributed by atoms with Gasteiger partial charge in [-0.2, -0.15) is 0 Å². The van der Waals surface area contributed by atoms with Gasteiger partial charge in [0.15, 0.2) is 0 Å². The van der Waals surface area contributed by atoms with E-state index in [4.69, 9.17) is 10.5 Å². The minimum absolute atomic E-state index is 0.0389. The summed E-state index contributed by atoms with van der Waals surface area (Å²) in [5.41, 5.74) is 8.09. The zero-order valence-corrected chi connectivity index (χ0v) is 18.5. The predicted molar refractivity (Wildman–Crippen MR) is 122 cm³/mol. The van der Waals surface area contributed by atoms with Gasteiger partial charge in [-0.15, -0.1) is 0 Å². The van der Waals surface area contributed by atoms with Crippen LogP contribution < -0.4 is 26.0 Å². The molecule has 7 heteroatoms. The van der Waals surface area contributed by atoms with Crippen LogP contribution in [0, 0.1) is 5.41 Å². The van der Waals surface area contributed by atoms with Gasteiger partial charge in [0.2, 0.25) is 11.8 Å². The van der Waals surface area contributed by atoms with Crippen molar-refractivity contribution in [3.63, 3.8) is 0 Å². The molecule has 2 aliphatic rings. The van der Waals surface area contributed by atoms with Crippen LogP contribution in [-0.4, -0.2) is 38.1 Å². The highest BCUT2D eigenvalue weighted by Gasteiger charge is 2.56. The van der Waals surface area contributed by atoms with Gasteiger partial charge in [0.25, 0.3) is 0 Å². The molecule has 1 spiro atoms. The fourth-order valence-electron chi connectivity index (χ4n) is 4.60. The summed E-state index contributed by atoms with van der Waals surface area (Å²) in [6.07, 6.45) is 0.409. The van der Waals surface area contributed by atoms with Crippen molar-refractivity contribution in [2.75, 3.05) is 36.1 Å². The van der Waals surface area contributed by atoms with Crippen molar-refractivity contribution < 1.29 is 14.3 Å². The van der Waals surface area contributed by atoms with Crippen LogP contribution in [-0.2, 0) is 15.0 Å². The molecule has 2 heterocycles. The number of hydrogen-bond donors (Lipinski definition) is 3. The lowest BCUT2D eigenvalue weighted by atomic mass is 9.79. The molecule has 4 N–H and O–H groups in total. The molecule has 2 aromatic carbocycles. The van der Waals surface area contributed by atoms with Crippen LogP contribution in [0.2, 0.25) is 0 Å². The third-order valence-electron chi connectivity index (χ3n) is 6.00. The summed E-state index contributed by atoms with van der Waals surface area (Å²) in [6.45, 7) is 7.43. The van der Waals surface area contributed by atoms with E-state index >= 15 is 0 Å². The summed E-state index contributed by atoms with van der Waals surface area (Å²) in [7, 11) is 1.53. The van der Waals surface area contributed by atoms with E-state index in [1.165, 1.54) is 7.11 Å². The Morgan fingerprint density at radius 1 is 1.29 bits per heavy atom. The second-order valence-corrected chi connectivity index (χ2v) is 9.64. The number of anilines is 3. The first-order valence-corrected chi connectivity index (χ1v) is 10.5. The van der Waals surface area contributed by atoms with Crippen LogP contribution in [0.25, 0.3) is 0 Å². The van der Waals surface area contributed by atoms with Crippen LogP contribution in [0.1, 0.15) is 32.8 Å². The van der Waals surface area contributed by atoms with Gasteiger partial charge in [-0.1, -0.05) is 39.0 Å². The molecular formula is C24H30N4O3. The van der Waals surface area contributed by atoms with Gasteiger partial charge in [0.1, 0.15) is 5.75 Å². The van der Waals surface area contributed by atoms with E-state index in [9.17, 15) is 9.59 Å². The van der Waals surface area contributed by atoms with Crippen molar-refractivity contribution in [3.05, 3.63) is 48.0 Å². The lowest BCUT2D eigenvalue weighted by Crippen LogP contribution is -2.44. The number of carbonyl (C=O) groups excluding carboxylic acids is 2. The molecule has 0 aromatic heterocycles. The number of carbonyl (C=O) groups is 2. The summed E-state index contributed by atoms with van der Waals surface area (Å²) in [4.78, 5) is 28.6. The number of methoxy groups -OCH3 is 1. The van der Waals surface area contributed by atoms with Gasteiger partial charge < -0.3 is 26.0 Å². The summed E-state index contributed by atoms with van der Waals surface area (Å²) in [6, 6.07) is 12.5. The molecule has 4 rings (SSSR count). The topological polar surface area (TPSA) is 96.7 Å². The van der Waals surface area contributed by atoms with Crippen LogP contribution >= 0.6 is 0 Å². The SMILES string of the molecule is COc1cc(N)ccc1NC(=O)C1CC2(CN1)C(=O)N(CC(C)(C)C)c1ccccc12. The van der Waals surface area contributed by atoms with Crippen molar-refractivity contribution in [3.8, 4) is 5.75 Å². The van der Waals surface area contributed by atoms with Gasteiger partial charge in [-0.25, -0.2) is 0 Å². The van der Waals surface area contributed by atoms with Crippen molar-refractivity contribution >= 4 is 28.9 Å². The minimum atomic E-state index is -0.727. The van der Waals surface area contributed by atoms with E-state index < -0.39 is 11.5 Å². The van der Waals surface area contributed by atoms with E-state index in [0.29, 0.717) is 36.6 Å². The van der Waals surface area contributed by atoms with Crippen LogP contribution in [0.5, 0.6) is 5.75 Å². The number of para-hydroxylation sites is 1. The Balaban J connectivity index is 1.58. The molecule has 1 fully saturated rings. The number of hydrogen-bond acceptors (Lipinski definition) is 5. The van der Waals surface area contributed by atoms with E-state index in [1.807, 2.05) is 29.2 Å². The largest absolute Gasteiger partial charge is 0.494 e. The highest BCUT2D eigenvalue weighted by Crippen LogP contribution is 2.47. The molecule has 0 bridgehead atoms. The third kappa shape index (κ3) is 3.74. The van der Waals surface area contributed by atoms with E-state index in [1.54, 1.807) is 18.2 Å². The molecule has 7 nitrogen and oxygen atoms in total. The van der Waals surface area contributed by atoms with Crippen molar-refractivity contribution in [1.29, 1.82) is 0 Å². The normalized spacial score (nSPS) is 22.6. The molecule has 0 aliphatic carbocycles. The highest BCUT2D eigenvalue weighted by molar-refractivity contribution is 6.09. The highest BCUT2D eigenvalue weighted by atomic mass is 16.5. The minimum Gasteiger partial charge on any atom is -0.494 e. The molecule has 0 radical (unpaired) electrons. The molecule has 2 aliphatic heterocycles. The van der Waals surface area contributed by atoms with Gasteiger partial charge in [-0.05, 0) is 35.6 Å². The van der Waals surface area contributed by atoms with Gasteiger partial charge in [0.05, 0.1) is 24.3 Å². The number of nitrogen functional groups attached to an aromatic ring is 1. The zero-order valence-electron chi connectivity index (χ0n) is 18.5. The lowest BCUT2D eigenvalue weighted by Gasteiger charge is -2.29. The fraction of sp³-hybridized carbons (Fsp3) is 0.417. The van der Waals surface area contributed by atoms with Gasteiger partial charge >= 0.3 is 0 Å². The van der Waals surface area contributed by atoms with Crippen LogP contribution in [0.3, 0.4) is 0 Å². The number of fused-ring (bicyclic) bond motifs is 2. The first kappa shape index (κ1) is 21.2. The number of ether oxygens (including phenoxy) is 1. The molecule has 1 saturated heterocycles. The first-order chi connectivity index (χ1) is 14.6. The smallest absolute Gasteiger partial charge is 0.241 e. The predicted octanol–water partition coefficient (Wildman–Crippen LogP) is 2.91. The Morgan fingerprint density at radius 2 is 2.03 bits per heavy atom. The van der Waals surface area contributed by atoms with Gasteiger partial charge in [-0.3, -0.25) is 9.59 Å². The molecular weight excluding hydrogens is 392 g/mol. The van der Waals surface area contributed by atoms with Gasteiger partial charge in [0, 0.05) is 30.5 Å². The maximum absolute atomic E-state index is 13.6. The second kappa shape index (κ2) is 7.57. The van der Waals surface area contributed by atoms with Crippen molar-refractivity contribution in [2.45, 2.75) is 38.6 Å². The fourth-order valence-corrected chi connectivity index (χ4v) is 4.60. The number of nitrogens with zero attached hydrogens (tertiary/aromatic N) is 1. The summed E-state index contributed by atoms with van der Waals surface area (Å²) < 4.78 is 5.33.